The number of hydrogen-bond donors (Lipinski definition) is 0. The number of benzene rings is 2. The number of methoxy groups -OCH3 is 1. The van der Waals surface area contributed by atoms with Crippen LogP contribution in [0.1, 0.15) is 42.0 Å². The molecule has 0 bridgehead atoms. The number of aryl methyl sites for hydroxylation is 2. The normalized spacial score (nSPS) is 11.0. The van der Waals surface area contributed by atoms with Gasteiger partial charge in [-0.25, -0.2) is 9.59 Å². The van der Waals surface area contributed by atoms with Gasteiger partial charge in [-0.15, -0.1) is 0 Å². The van der Waals surface area contributed by atoms with Crippen molar-refractivity contribution in [3.05, 3.63) is 69.1 Å². The van der Waals surface area contributed by atoms with E-state index in [0.717, 1.165) is 22.1 Å². The molecule has 6 nitrogen and oxygen atoms in total. The molecule has 0 amide bonds. The van der Waals surface area contributed by atoms with Crippen LogP contribution < -0.4 is 15.1 Å². The topological polar surface area (TPSA) is 75.0 Å². The first-order valence-electron chi connectivity index (χ1n) is 9.79. The van der Waals surface area contributed by atoms with Crippen molar-refractivity contribution in [3.8, 4) is 11.5 Å². The summed E-state index contributed by atoms with van der Waals surface area (Å²) in [7, 11) is 1.54. The maximum absolute atomic E-state index is 12.2. The lowest BCUT2D eigenvalue weighted by atomic mass is 9.95. The molecule has 2 aromatic carbocycles. The Labute approximate surface area is 175 Å². The van der Waals surface area contributed by atoms with Crippen LogP contribution in [-0.2, 0) is 16.1 Å². The lowest BCUT2D eigenvalue weighted by molar-refractivity contribution is -0.147. The molecule has 0 saturated heterocycles. The molecule has 0 fully saturated rings. The molecule has 0 unspecified atom stereocenters. The van der Waals surface area contributed by atoms with Crippen LogP contribution in [0.2, 0.25) is 0 Å². The molecule has 6 heteroatoms. The summed E-state index contributed by atoms with van der Waals surface area (Å²) in [5.74, 6) is 0.777. The highest BCUT2D eigenvalue weighted by Gasteiger charge is 2.14. The fourth-order valence-electron chi connectivity index (χ4n) is 3.36. The number of fused-ring (bicyclic) bond motifs is 1. The Balaban J connectivity index is 1.74. The van der Waals surface area contributed by atoms with Gasteiger partial charge in [0.2, 0.25) is 0 Å². The first-order valence-corrected chi connectivity index (χ1v) is 9.79. The van der Waals surface area contributed by atoms with Gasteiger partial charge in [-0.3, -0.25) is 0 Å². The third-order valence-corrected chi connectivity index (χ3v) is 4.89. The highest BCUT2D eigenvalue weighted by atomic mass is 16.6. The molecule has 0 saturated carbocycles. The van der Waals surface area contributed by atoms with Gasteiger partial charge in [0, 0.05) is 17.0 Å². The third-order valence-electron chi connectivity index (χ3n) is 4.89. The Bertz CT molecular complexity index is 1130. The maximum Gasteiger partial charge on any atom is 0.344 e. The molecule has 158 valence electrons. The van der Waals surface area contributed by atoms with E-state index >= 15 is 0 Å². The molecule has 0 atom stereocenters. The van der Waals surface area contributed by atoms with Gasteiger partial charge in [0.1, 0.15) is 12.2 Å². The molecule has 1 aromatic heterocycles. The molecule has 0 aliphatic carbocycles. The summed E-state index contributed by atoms with van der Waals surface area (Å²) in [4.78, 5) is 24.2. The Morgan fingerprint density at radius 1 is 1.07 bits per heavy atom. The molecule has 0 N–H and O–H groups in total. The van der Waals surface area contributed by atoms with Crippen molar-refractivity contribution >= 4 is 16.9 Å². The number of hydrogen-bond acceptors (Lipinski definition) is 6. The molecular weight excluding hydrogens is 384 g/mol. The molecule has 0 aliphatic rings. The van der Waals surface area contributed by atoms with Gasteiger partial charge in [0.25, 0.3) is 0 Å². The van der Waals surface area contributed by atoms with E-state index in [-0.39, 0.29) is 13.2 Å². The van der Waals surface area contributed by atoms with Crippen LogP contribution in [-0.4, -0.2) is 19.7 Å². The highest BCUT2D eigenvalue weighted by molar-refractivity contribution is 5.82. The van der Waals surface area contributed by atoms with Crippen molar-refractivity contribution in [2.75, 3.05) is 13.7 Å². The predicted molar refractivity (Wildman–Crippen MR) is 114 cm³/mol. The van der Waals surface area contributed by atoms with Gasteiger partial charge in [-0.1, -0.05) is 19.9 Å². The van der Waals surface area contributed by atoms with Crippen molar-refractivity contribution in [1.29, 1.82) is 0 Å². The number of rotatable bonds is 7. The van der Waals surface area contributed by atoms with Gasteiger partial charge >= 0.3 is 11.6 Å². The fraction of sp³-hybridized carbons (Fsp3) is 0.333. The van der Waals surface area contributed by atoms with Crippen molar-refractivity contribution < 1.29 is 23.4 Å². The summed E-state index contributed by atoms with van der Waals surface area (Å²) in [5, 5.41) is 0.762. The molecule has 0 radical (unpaired) electrons. The Morgan fingerprint density at radius 3 is 2.53 bits per heavy atom. The van der Waals surface area contributed by atoms with E-state index in [1.165, 1.54) is 6.07 Å². The van der Waals surface area contributed by atoms with E-state index in [1.54, 1.807) is 13.2 Å². The predicted octanol–water partition coefficient (Wildman–Crippen LogP) is 4.66. The summed E-state index contributed by atoms with van der Waals surface area (Å²) in [5.41, 5.74) is 3.83. The first-order chi connectivity index (χ1) is 14.3. The molecule has 30 heavy (non-hydrogen) atoms. The Morgan fingerprint density at radius 2 is 1.83 bits per heavy atom. The number of esters is 1. The molecule has 1 heterocycles. The van der Waals surface area contributed by atoms with Crippen LogP contribution in [0.15, 0.2) is 45.6 Å². The van der Waals surface area contributed by atoms with Gasteiger partial charge in [0.15, 0.2) is 18.1 Å². The molecular formula is C24H26O6. The smallest absolute Gasteiger partial charge is 0.344 e. The summed E-state index contributed by atoms with van der Waals surface area (Å²) >= 11 is 0. The van der Waals surface area contributed by atoms with Crippen molar-refractivity contribution in [3.63, 3.8) is 0 Å². The monoisotopic (exact) mass is 410 g/mol. The minimum atomic E-state index is -0.546. The van der Waals surface area contributed by atoms with E-state index in [4.69, 9.17) is 18.6 Å². The quantitative estimate of drug-likeness (QED) is 0.416. The maximum atomic E-state index is 12.2. The summed E-state index contributed by atoms with van der Waals surface area (Å²) in [6, 6.07) is 10.6. The number of carbonyl (C=O) groups is 1. The van der Waals surface area contributed by atoms with Gasteiger partial charge < -0.3 is 18.6 Å². The minimum absolute atomic E-state index is 0.0457. The zero-order chi connectivity index (χ0) is 21.8. The summed E-state index contributed by atoms with van der Waals surface area (Å²) in [6.07, 6.45) is 0. The van der Waals surface area contributed by atoms with E-state index in [1.807, 2.05) is 38.1 Å². The van der Waals surface area contributed by atoms with Gasteiger partial charge in [0.05, 0.1) is 7.11 Å². The highest BCUT2D eigenvalue weighted by Crippen LogP contribution is 2.28. The van der Waals surface area contributed by atoms with Crippen molar-refractivity contribution in [1.82, 2.24) is 0 Å². The summed E-state index contributed by atoms with van der Waals surface area (Å²) < 4.78 is 21.5. The lowest BCUT2D eigenvalue weighted by Crippen LogP contribution is -2.16. The molecule has 0 aliphatic heterocycles. The first kappa shape index (κ1) is 21.4. The molecule has 0 spiro atoms. The zero-order valence-electron chi connectivity index (χ0n) is 17.9. The van der Waals surface area contributed by atoms with E-state index in [2.05, 4.69) is 13.8 Å². The van der Waals surface area contributed by atoms with Crippen molar-refractivity contribution in [2.45, 2.75) is 40.2 Å². The largest absolute Gasteiger partial charge is 0.493 e. The average molecular weight is 410 g/mol. The van der Waals surface area contributed by atoms with Gasteiger partial charge in [-0.2, -0.15) is 0 Å². The fourth-order valence-corrected chi connectivity index (χ4v) is 3.36. The second kappa shape index (κ2) is 9.03. The van der Waals surface area contributed by atoms with Gasteiger partial charge in [-0.05, 0) is 60.7 Å². The van der Waals surface area contributed by atoms with Crippen molar-refractivity contribution in [2.24, 2.45) is 0 Å². The Hall–Kier alpha value is -3.28. The van der Waals surface area contributed by atoms with E-state index in [9.17, 15) is 9.59 Å². The number of ether oxygens (including phenoxy) is 3. The van der Waals surface area contributed by atoms with Crippen LogP contribution in [0, 0.1) is 13.8 Å². The summed E-state index contributed by atoms with van der Waals surface area (Å²) in [6.45, 7) is 7.81. The average Bonchev–Trinajstić information content (AvgIpc) is 2.70. The third kappa shape index (κ3) is 4.82. The zero-order valence-corrected chi connectivity index (χ0v) is 17.9. The van der Waals surface area contributed by atoms with Crippen LogP contribution in [0.25, 0.3) is 11.0 Å². The van der Waals surface area contributed by atoms with Crippen LogP contribution in [0.4, 0.5) is 0 Å². The second-order valence-electron chi connectivity index (χ2n) is 7.55. The van der Waals surface area contributed by atoms with Crippen LogP contribution >= 0.6 is 0 Å². The second-order valence-corrected chi connectivity index (χ2v) is 7.55. The van der Waals surface area contributed by atoms with Crippen LogP contribution in [0.5, 0.6) is 11.5 Å². The standard InChI is InChI=1S/C24H26O6/c1-14(2)18-11-19-17(10-23(25)30-21(19)9-16(18)4)12-29-24(26)13-28-20-7-6-15(3)8-22(20)27-5/h6-11,14H,12-13H2,1-5H3. The molecule has 3 aromatic rings. The lowest BCUT2D eigenvalue weighted by Gasteiger charge is -2.14. The van der Waals surface area contributed by atoms with E-state index in [0.29, 0.717) is 28.6 Å². The Kier molecular flexibility index (Phi) is 6.45. The number of carbonyl (C=O) groups excluding carboxylic acids is 1. The van der Waals surface area contributed by atoms with E-state index < -0.39 is 11.6 Å². The SMILES string of the molecule is COc1cc(C)ccc1OCC(=O)OCc1cc(=O)oc2cc(C)c(C(C)C)cc12. The minimum Gasteiger partial charge on any atom is -0.493 e. The van der Waals surface area contributed by atoms with Crippen LogP contribution in [0.3, 0.4) is 0 Å². The molecule has 3 rings (SSSR count).